The Hall–Kier alpha value is -3.18. The number of methoxy groups -OCH3 is 2. The van der Waals surface area contributed by atoms with E-state index in [1.807, 2.05) is 0 Å². The first-order chi connectivity index (χ1) is 15.2. The van der Waals surface area contributed by atoms with Crippen LogP contribution in [0.4, 0.5) is 11.1 Å². The van der Waals surface area contributed by atoms with Crippen LogP contribution in [0.1, 0.15) is 23.1 Å². The van der Waals surface area contributed by atoms with Gasteiger partial charge in [-0.2, -0.15) is 5.10 Å². The highest BCUT2D eigenvalue weighted by molar-refractivity contribution is 7.15. The molecule has 0 aliphatic carbocycles. The van der Waals surface area contributed by atoms with Crippen molar-refractivity contribution in [2.45, 2.75) is 18.9 Å². The van der Waals surface area contributed by atoms with Crippen LogP contribution in [0, 0.1) is 5.92 Å². The summed E-state index contributed by atoms with van der Waals surface area (Å²) in [6.45, 7) is 1.73. The first-order valence-electron chi connectivity index (χ1n) is 9.85. The van der Waals surface area contributed by atoms with Crippen LogP contribution in [0.2, 0.25) is 0 Å². The maximum Gasteiger partial charge on any atom is 0.259 e. The van der Waals surface area contributed by atoms with E-state index in [0.29, 0.717) is 22.7 Å². The third kappa shape index (κ3) is 5.12. The van der Waals surface area contributed by atoms with Gasteiger partial charge in [0.15, 0.2) is 6.10 Å². The van der Waals surface area contributed by atoms with Gasteiger partial charge in [0.2, 0.25) is 11.1 Å². The van der Waals surface area contributed by atoms with Crippen LogP contribution >= 0.6 is 11.3 Å². The fourth-order valence-corrected chi connectivity index (χ4v) is 4.40. The number of carbonyl (C=O) groups excluding carboxylic acids is 1. The zero-order valence-corrected chi connectivity index (χ0v) is 18.1. The Labute approximate surface area is 183 Å². The molecule has 0 spiro atoms. The summed E-state index contributed by atoms with van der Waals surface area (Å²) in [6, 6.07) is 7.18. The quantitative estimate of drug-likeness (QED) is 0.561. The Bertz CT molecular complexity index is 1000. The van der Waals surface area contributed by atoms with Crippen LogP contribution in [0.3, 0.4) is 0 Å². The van der Waals surface area contributed by atoms with Gasteiger partial charge in [-0.05, 0) is 30.0 Å². The second kappa shape index (κ2) is 9.75. The maximum atomic E-state index is 12.7. The average molecular weight is 442 g/mol. The van der Waals surface area contributed by atoms with E-state index in [-0.39, 0.29) is 5.91 Å². The largest absolute Gasteiger partial charge is 0.497 e. The summed E-state index contributed by atoms with van der Waals surface area (Å²) in [5.74, 6) is 1.50. The molecular formula is C20H23N7O3S. The van der Waals surface area contributed by atoms with Crippen molar-refractivity contribution in [3.05, 3.63) is 47.2 Å². The second-order valence-electron chi connectivity index (χ2n) is 7.13. The fraction of sp³-hybridized carbons (Fsp3) is 0.400. The van der Waals surface area contributed by atoms with Crippen molar-refractivity contribution in [2.75, 3.05) is 37.5 Å². The molecule has 1 N–H and O–H groups in total. The van der Waals surface area contributed by atoms with Gasteiger partial charge < -0.3 is 14.4 Å². The molecule has 1 amide bonds. The van der Waals surface area contributed by atoms with Crippen LogP contribution in [-0.4, -0.2) is 58.6 Å². The topological polar surface area (TPSA) is 115 Å². The lowest BCUT2D eigenvalue weighted by Crippen LogP contribution is -2.22. The number of aromatic nitrogens is 5. The van der Waals surface area contributed by atoms with Crippen molar-refractivity contribution in [1.82, 2.24) is 25.4 Å². The summed E-state index contributed by atoms with van der Waals surface area (Å²) >= 11 is 1.38. The second-order valence-corrected chi connectivity index (χ2v) is 8.19. The summed E-state index contributed by atoms with van der Waals surface area (Å²) in [7, 11) is 3.09. The molecule has 11 heteroatoms. The van der Waals surface area contributed by atoms with E-state index >= 15 is 0 Å². The van der Waals surface area contributed by atoms with Crippen LogP contribution < -0.4 is 15.0 Å². The van der Waals surface area contributed by atoms with E-state index in [9.17, 15) is 4.79 Å². The Morgan fingerprint density at radius 3 is 2.77 bits per heavy atom. The van der Waals surface area contributed by atoms with Crippen LogP contribution in [0.25, 0.3) is 0 Å². The molecule has 4 rings (SSSR count). The predicted octanol–water partition coefficient (Wildman–Crippen LogP) is 2.13. The Balaban J connectivity index is 1.33. The van der Waals surface area contributed by atoms with Crippen molar-refractivity contribution >= 4 is 28.3 Å². The molecule has 162 valence electrons. The standard InChI is InChI=1S/C20H23N7O3S/c1-29-15-5-3-14(4-6-15)17(30-2)18(28)23-20-26-24-16(31-20)11-13-7-10-27(12-13)19-21-8-9-22-25-19/h3-6,8-9,13,17H,7,10-12H2,1-2H3,(H,23,26,28)/t13-,17-/m0/s1. The normalized spacial score (nSPS) is 16.8. The van der Waals surface area contributed by atoms with Crippen molar-refractivity contribution < 1.29 is 14.3 Å². The molecule has 0 unspecified atom stereocenters. The minimum Gasteiger partial charge on any atom is -0.497 e. The molecule has 1 aliphatic rings. The molecule has 2 aromatic heterocycles. The predicted molar refractivity (Wildman–Crippen MR) is 115 cm³/mol. The highest BCUT2D eigenvalue weighted by Gasteiger charge is 2.26. The Morgan fingerprint density at radius 1 is 1.23 bits per heavy atom. The average Bonchev–Trinajstić information content (AvgIpc) is 3.45. The number of hydrogen-bond acceptors (Lipinski definition) is 10. The van der Waals surface area contributed by atoms with E-state index in [1.54, 1.807) is 43.8 Å². The van der Waals surface area contributed by atoms with Gasteiger partial charge in [-0.25, -0.2) is 4.98 Å². The molecule has 1 saturated heterocycles. The molecular weight excluding hydrogens is 418 g/mol. The van der Waals surface area contributed by atoms with Crippen LogP contribution in [0.5, 0.6) is 5.75 Å². The minimum atomic E-state index is -0.749. The lowest BCUT2D eigenvalue weighted by molar-refractivity contribution is -0.126. The Morgan fingerprint density at radius 2 is 2.06 bits per heavy atom. The smallest absolute Gasteiger partial charge is 0.259 e. The van der Waals surface area contributed by atoms with Gasteiger partial charge in [0.25, 0.3) is 5.91 Å². The van der Waals surface area contributed by atoms with E-state index < -0.39 is 6.10 Å². The van der Waals surface area contributed by atoms with E-state index in [4.69, 9.17) is 9.47 Å². The lowest BCUT2D eigenvalue weighted by atomic mass is 10.1. The SMILES string of the molecule is COc1ccc([C@H](OC)C(=O)Nc2nnc(C[C@@H]3CCN(c4nccnn4)C3)s2)cc1. The van der Waals surface area contributed by atoms with E-state index in [0.717, 1.165) is 36.5 Å². The first-order valence-corrected chi connectivity index (χ1v) is 10.7. The molecule has 0 saturated carbocycles. The molecule has 0 radical (unpaired) electrons. The highest BCUT2D eigenvalue weighted by atomic mass is 32.1. The summed E-state index contributed by atoms with van der Waals surface area (Å²) in [5, 5.41) is 20.5. The number of nitrogens with zero attached hydrogens (tertiary/aromatic N) is 6. The monoisotopic (exact) mass is 441 g/mol. The van der Waals surface area contributed by atoms with Crippen LogP contribution in [-0.2, 0) is 16.0 Å². The van der Waals surface area contributed by atoms with E-state index in [1.165, 1.54) is 18.4 Å². The maximum absolute atomic E-state index is 12.7. The number of nitrogens with one attached hydrogen (secondary N) is 1. The number of anilines is 2. The Kier molecular flexibility index (Phi) is 6.63. The molecule has 3 heterocycles. The molecule has 1 fully saturated rings. The van der Waals surface area contributed by atoms with Gasteiger partial charge in [0.1, 0.15) is 10.8 Å². The van der Waals surface area contributed by atoms with Crippen molar-refractivity contribution in [3.63, 3.8) is 0 Å². The van der Waals surface area contributed by atoms with Gasteiger partial charge >= 0.3 is 0 Å². The third-order valence-electron chi connectivity index (χ3n) is 5.09. The lowest BCUT2D eigenvalue weighted by Gasteiger charge is -2.15. The van der Waals surface area contributed by atoms with Gasteiger partial charge in [-0.1, -0.05) is 23.5 Å². The fourth-order valence-electron chi connectivity index (χ4n) is 3.54. The van der Waals surface area contributed by atoms with Crippen LogP contribution in [0.15, 0.2) is 36.7 Å². The third-order valence-corrected chi connectivity index (χ3v) is 5.95. The van der Waals surface area contributed by atoms with Crippen molar-refractivity contribution in [1.29, 1.82) is 0 Å². The number of hydrogen-bond donors (Lipinski definition) is 1. The molecule has 31 heavy (non-hydrogen) atoms. The molecule has 0 bridgehead atoms. The summed E-state index contributed by atoms with van der Waals surface area (Å²) < 4.78 is 10.5. The zero-order chi connectivity index (χ0) is 21.6. The summed E-state index contributed by atoms with van der Waals surface area (Å²) in [5.41, 5.74) is 0.731. The number of rotatable bonds is 8. The molecule has 1 aliphatic heterocycles. The molecule has 1 aromatic carbocycles. The molecule has 10 nitrogen and oxygen atoms in total. The highest BCUT2D eigenvalue weighted by Crippen LogP contribution is 2.27. The first kappa shape index (κ1) is 21.1. The van der Waals surface area contributed by atoms with E-state index in [2.05, 4.69) is 35.6 Å². The number of benzene rings is 1. The van der Waals surface area contributed by atoms with Gasteiger partial charge in [0, 0.05) is 26.6 Å². The van der Waals surface area contributed by atoms with Crippen molar-refractivity contribution in [2.24, 2.45) is 5.92 Å². The molecule has 3 aromatic rings. The van der Waals surface area contributed by atoms with Gasteiger partial charge in [-0.15, -0.1) is 15.3 Å². The van der Waals surface area contributed by atoms with Gasteiger partial charge in [0.05, 0.1) is 19.5 Å². The number of carbonyl (C=O) groups is 1. The number of ether oxygens (including phenoxy) is 2. The minimum absolute atomic E-state index is 0.295. The molecule has 2 atom stereocenters. The summed E-state index contributed by atoms with van der Waals surface area (Å²) in [4.78, 5) is 19.1. The number of amides is 1. The zero-order valence-electron chi connectivity index (χ0n) is 17.3. The van der Waals surface area contributed by atoms with Crippen molar-refractivity contribution in [3.8, 4) is 5.75 Å². The summed E-state index contributed by atoms with van der Waals surface area (Å²) in [6.07, 6.45) is 4.27. The van der Waals surface area contributed by atoms with Gasteiger partial charge in [-0.3, -0.25) is 10.1 Å².